The predicted molar refractivity (Wildman–Crippen MR) is 76.6 cm³/mol. The van der Waals surface area contributed by atoms with Crippen molar-refractivity contribution in [3.63, 3.8) is 0 Å². The van der Waals surface area contributed by atoms with E-state index in [1.165, 1.54) is 6.92 Å². The summed E-state index contributed by atoms with van der Waals surface area (Å²) >= 11 is 13.3. The minimum Gasteiger partial charge on any atom is -0.307 e. The first-order chi connectivity index (χ1) is 7.90. The lowest BCUT2D eigenvalue weighted by molar-refractivity contribution is -0.119. The van der Waals surface area contributed by atoms with Crippen molar-refractivity contribution >= 4 is 63.4 Å². The average molecular weight is 387 g/mol. The second-order valence-electron chi connectivity index (χ2n) is 3.18. The number of imide groups is 1. The number of benzene rings is 1. The van der Waals surface area contributed by atoms with Crippen LogP contribution in [0.1, 0.15) is 6.92 Å². The van der Waals surface area contributed by atoms with Crippen LogP contribution in [0.15, 0.2) is 18.2 Å². The Morgan fingerprint density at radius 1 is 1.41 bits per heavy atom. The average Bonchev–Trinajstić information content (AvgIpc) is 2.22. The molecule has 0 fully saturated rings. The summed E-state index contributed by atoms with van der Waals surface area (Å²) in [6.07, 6.45) is 0. The zero-order valence-corrected chi connectivity index (χ0v) is 12.4. The second-order valence-corrected chi connectivity index (χ2v) is 5.44. The molecule has 0 aliphatic heterocycles. The monoisotopic (exact) mass is 386 g/mol. The second kappa shape index (κ2) is 6.42. The molecule has 0 aliphatic carbocycles. The van der Waals surface area contributed by atoms with Crippen molar-refractivity contribution < 1.29 is 9.59 Å². The SMILES string of the molecule is CC(Cl)C(=O)NC(=O)Nc1ccc(Cl)cc1I. The molecule has 2 N–H and O–H groups in total. The summed E-state index contributed by atoms with van der Waals surface area (Å²) in [4.78, 5) is 22.6. The molecule has 0 saturated heterocycles. The van der Waals surface area contributed by atoms with Crippen molar-refractivity contribution in [2.24, 2.45) is 0 Å². The number of hydrogen-bond donors (Lipinski definition) is 2. The van der Waals surface area contributed by atoms with Crippen LogP contribution in [0.2, 0.25) is 5.02 Å². The number of hydrogen-bond acceptors (Lipinski definition) is 2. The highest BCUT2D eigenvalue weighted by Gasteiger charge is 2.13. The van der Waals surface area contributed by atoms with Crippen LogP contribution in [0.25, 0.3) is 0 Å². The van der Waals surface area contributed by atoms with Crippen molar-refractivity contribution in [3.8, 4) is 0 Å². The van der Waals surface area contributed by atoms with E-state index < -0.39 is 17.3 Å². The molecular formula is C10H9Cl2IN2O2. The number of alkyl halides is 1. The maximum absolute atomic E-state index is 11.4. The largest absolute Gasteiger partial charge is 0.325 e. The molecule has 0 heterocycles. The third-order valence-corrected chi connectivity index (χ3v) is 3.10. The predicted octanol–water partition coefficient (Wildman–Crippen LogP) is 3.22. The molecule has 92 valence electrons. The van der Waals surface area contributed by atoms with Crippen molar-refractivity contribution in [3.05, 3.63) is 26.8 Å². The summed E-state index contributed by atoms with van der Waals surface area (Å²) in [7, 11) is 0. The van der Waals surface area contributed by atoms with Gasteiger partial charge in [0.1, 0.15) is 5.38 Å². The Hall–Kier alpha value is -0.530. The Labute approximate surface area is 122 Å². The fourth-order valence-electron chi connectivity index (χ4n) is 0.956. The highest BCUT2D eigenvalue weighted by atomic mass is 127. The Balaban J connectivity index is 2.65. The first-order valence-corrected chi connectivity index (χ1v) is 6.50. The third kappa shape index (κ3) is 4.69. The highest BCUT2D eigenvalue weighted by molar-refractivity contribution is 14.1. The lowest BCUT2D eigenvalue weighted by Crippen LogP contribution is -2.38. The molecule has 1 atom stereocenters. The maximum Gasteiger partial charge on any atom is 0.325 e. The first-order valence-electron chi connectivity index (χ1n) is 4.61. The number of carbonyl (C=O) groups is 2. The highest BCUT2D eigenvalue weighted by Crippen LogP contribution is 2.22. The topological polar surface area (TPSA) is 58.2 Å². The number of nitrogens with one attached hydrogen (secondary N) is 2. The van der Waals surface area contributed by atoms with Crippen LogP contribution in [-0.4, -0.2) is 17.3 Å². The van der Waals surface area contributed by atoms with Crippen LogP contribution in [0, 0.1) is 3.57 Å². The number of halogens is 3. The quantitative estimate of drug-likeness (QED) is 0.605. The Bertz CT molecular complexity index is 452. The molecule has 0 aromatic heterocycles. The van der Waals surface area contributed by atoms with E-state index in [4.69, 9.17) is 23.2 Å². The van der Waals surface area contributed by atoms with Gasteiger partial charge in [0, 0.05) is 8.59 Å². The minimum atomic E-state index is -0.759. The van der Waals surface area contributed by atoms with Gasteiger partial charge in [-0.05, 0) is 47.7 Å². The van der Waals surface area contributed by atoms with E-state index in [-0.39, 0.29) is 0 Å². The van der Waals surface area contributed by atoms with Gasteiger partial charge in [-0.25, -0.2) is 4.79 Å². The van der Waals surface area contributed by atoms with E-state index in [0.29, 0.717) is 10.7 Å². The van der Waals surface area contributed by atoms with Crippen LogP contribution in [0.3, 0.4) is 0 Å². The lowest BCUT2D eigenvalue weighted by Gasteiger charge is -2.09. The van der Waals surface area contributed by atoms with E-state index in [9.17, 15) is 9.59 Å². The van der Waals surface area contributed by atoms with Crippen molar-refractivity contribution in [2.45, 2.75) is 12.3 Å². The molecule has 1 aromatic rings. The molecule has 0 radical (unpaired) electrons. The summed E-state index contributed by atoms with van der Waals surface area (Å²) in [5.41, 5.74) is 0.572. The van der Waals surface area contributed by atoms with Gasteiger partial charge in [-0.15, -0.1) is 11.6 Å². The first kappa shape index (κ1) is 14.5. The van der Waals surface area contributed by atoms with Crippen LogP contribution < -0.4 is 10.6 Å². The number of urea groups is 1. The summed E-state index contributed by atoms with van der Waals surface area (Å²) in [6, 6.07) is 4.37. The van der Waals surface area contributed by atoms with Gasteiger partial charge in [0.15, 0.2) is 0 Å². The molecule has 0 aliphatic rings. The molecule has 0 saturated carbocycles. The summed E-state index contributed by atoms with van der Waals surface area (Å²) in [5, 5.41) is 4.46. The van der Waals surface area contributed by atoms with Crippen LogP contribution in [-0.2, 0) is 4.79 Å². The van der Waals surface area contributed by atoms with E-state index in [1.807, 2.05) is 22.6 Å². The van der Waals surface area contributed by atoms with Gasteiger partial charge in [-0.1, -0.05) is 11.6 Å². The van der Waals surface area contributed by atoms with E-state index in [1.54, 1.807) is 18.2 Å². The van der Waals surface area contributed by atoms with Crippen molar-refractivity contribution in [1.29, 1.82) is 0 Å². The van der Waals surface area contributed by atoms with E-state index >= 15 is 0 Å². The lowest BCUT2D eigenvalue weighted by atomic mass is 10.3. The Kier molecular flexibility index (Phi) is 5.48. The van der Waals surface area contributed by atoms with Crippen molar-refractivity contribution in [2.75, 3.05) is 5.32 Å². The minimum absolute atomic E-state index is 0.548. The van der Waals surface area contributed by atoms with Gasteiger partial charge in [0.25, 0.3) is 0 Å². The normalized spacial score (nSPS) is 11.8. The van der Waals surface area contributed by atoms with Gasteiger partial charge in [-0.2, -0.15) is 0 Å². The third-order valence-electron chi connectivity index (χ3n) is 1.78. The molecule has 3 amide bonds. The van der Waals surface area contributed by atoms with Crippen molar-refractivity contribution in [1.82, 2.24) is 5.32 Å². The maximum atomic E-state index is 11.4. The molecule has 17 heavy (non-hydrogen) atoms. The fourth-order valence-corrected chi connectivity index (χ4v) is 2.02. The smallest absolute Gasteiger partial charge is 0.307 e. The molecule has 0 spiro atoms. The number of carbonyl (C=O) groups excluding carboxylic acids is 2. The number of anilines is 1. The summed E-state index contributed by atoms with van der Waals surface area (Å²) < 4.78 is 0.775. The van der Waals surface area contributed by atoms with E-state index in [2.05, 4.69) is 10.6 Å². The molecule has 1 rings (SSSR count). The Morgan fingerprint density at radius 2 is 2.06 bits per heavy atom. The zero-order valence-electron chi connectivity index (χ0n) is 8.76. The van der Waals surface area contributed by atoms with Gasteiger partial charge >= 0.3 is 6.03 Å². The molecule has 7 heteroatoms. The van der Waals surface area contributed by atoms with E-state index in [0.717, 1.165) is 3.57 Å². The Morgan fingerprint density at radius 3 is 2.59 bits per heavy atom. The van der Waals surface area contributed by atoms with Gasteiger partial charge in [0.2, 0.25) is 5.91 Å². The molecule has 1 unspecified atom stereocenters. The van der Waals surface area contributed by atoms with Crippen LogP contribution in [0.5, 0.6) is 0 Å². The fraction of sp³-hybridized carbons (Fsp3) is 0.200. The van der Waals surface area contributed by atoms with Crippen LogP contribution >= 0.6 is 45.8 Å². The summed E-state index contributed by atoms with van der Waals surface area (Å²) in [6.45, 7) is 1.48. The standard InChI is InChI=1S/C10H9Cl2IN2O2/c1-5(11)9(16)15-10(17)14-8-3-2-6(12)4-7(8)13/h2-5H,1H3,(H2,14,15,16,17). The zero-order chi connectivity index (χ0) is 13.0. The molecular weight excluding hydrogens is 378 g/mol. The summed E-state index contributed by atoms with van der Waals surface area (Å²) in [5.74, 6) is -0.548. The van der Waals surface area contributed by atoms with Gasteiger partial charge in [0.05, 0.1) is 5.69 Å². The molecule has 1 aromatic carbocycles. The molecule has 4 nitrogen and oxygen atoms in total. The number of rotatable bonds is 2. The van der Waals surface area contributed by atoms with Crippen LogP contribution in [0.4, 0.5) is 10.5 Å². The van der Waals surface area contributed by atoms with Gasteiger partial charge in [-0.3, -0.25) is 10.1 Å². The van der Waals surface area contributed by atoms with Gasteiger partial charge < -0.3 is 5.32 Å². The molecule has 0 bridgehead atoms. The number of amides is 3.